The number of rotatable bonds is 8. The minimum absolute atomic E-state index is 0.416. The van der Waals surface area contributed by atoms with Gasteiger partial charge in [0, 0.05) is 18.8 Å². The lowest BCUT2D eigenvalue weighted by molar-refractivity contribution is 0.341. The minimum atomic E-state index is 0.416. The Kier molecular flexibility index (Phi) is 7.61. The largest absolute Gasteiger partial charge is 0.372 e. The number of likely N-dealkylation sites (N-methyl/N-ethyl adjacent to an activating group) is 1. The summed E-state index contributed by atoms with van der Waals surface area (Å²) in [6, 6.07) is 8.76. The van der Waals surface area contributed by atoms with E-state index in [9.17, 15) is 0 Å². The van der Waals surface area contributed by atoms with Gasteiger partial charge in [0.2, 0.25) is 0 Å². The van der Waals surface area contributed by atoms with Crippen LogP contribution in [0.2, 0.25) is 0 Å². The van der Waals surface area contributed by atoms with Gasteiger partial charge in [-0.05, 0) is 56.6 Å². The van der Waals surface area contributed by atoms with Crippen LogP contribution in [-0.2, 0) is 0 Å². The topological polar surface area (TPSA) is 3.24 Å². The highest BCUT2D eigenvalue weighted by Crippen LogP contribution is 2.24. The van der Waals surface area contributed by atoms with Crippen LogP contribution in [0.25, 0.3) is 5.57 Å². The van der Waals surface area contributed by atoms with E-state index in [0.29, 0.717) is 5.41 Å². The molecule has 0 amide bonds. The summed E-state index contributed by atoms with van der Waals surface area (Å²) in [4.78, 5) is 2.39. The number of benzene rings is 1. The van der Waals surface area contributed by atoms with Crippen molar-refractivity contribution in [3.63, 3.8) is 0 Å². The minimum Gasteiger partial charge on any atom is -0.372 e. The average Bonchev–Trinajstić information content (AvgIpc) is 2.47. The fourth-order valence-corrected chi connectivity index (χ4v) is 2.64. The van der Waals surface area contributed by atoms with E-state index in [1.165, 1.54) is 35.2 Å². The molecule has 1 aromatic carbocycles. The van der Waals surface area contributed by atoms with Gasteiger partial charge in [-0.25, -0.2) is 0 Å². The quantitative estimate of drug-likeness (QED) is 0.533. The predicted octanol–water partition coefficient (Wildman–Crippen LogP) is 6.45. The lowest BCUT2D eigenvalue weighted by atomic mass is 9.89. The van der Waals surface area contributed by atoms with Crippen LogP contribution in [0.4, 0.5) is 0 Å². The Morgan fingerprint density at radius 1 is 1.17 bits per heavy atom. The number of hydrogen-bond donors (Lipinski definition) is 0. The highest BCUT2D eigenvalue weighted by molar-refractivity contribution is 5.63. The molecule has 1 heteroatoms. The smallest absolute Gasteiger partial charge is 0.0362 e. The number of hydrogen-bond acceptors (Lipinski definition) is 1. The van der Waals surface area contributed by atoms with Crippen LogP contribution in [0.3, 0.4) is 0 Å². The van der Waals surface area contributed by atoms with Crippen LogP contribution in [0.1, 0.15) is 65.0 Å². The molecule has 0 radical (unpaired) electrons. The molecule has 0 saturated heterocycles. The summed E-state index contributed by atoms with van der Waals surface area (Å²) in [7, 11) is 0. The summed E-state index contributed by atoms with van der Waals surface area (Å²) >= 11 is 0. The molecule has 0 heterocycles. The fraction of sp³-hybridized carbons (Fsp3) is 0.545. The molecule has 1 rings (SSSR count). The fourth-order valence-electron chi connectivity index (χ4n) is 2.64. The third kappa shape index (κ3) is 7.54. The lowest BCUT2D eigenvalue weighted by Gasteiger charge is -2.25. The second kappa shape index (κ2) is 8.96. The van der Waals surface area contributed by atoms with Gasteiger partial charge < -0.3 is 4.90 Å². The molecular weight excluding hydrogens is 278 g/mol. The van der Waals surface area contributed by atoms with Crippen molar-refractivity contribution in [2.45, 2.75) is 60.8 Å². The molecule has 0 aliphatic heterocycles. The van der Waals surface area contributed by atoms with Gasteiger partial charge in [-0.2, -0.15) is 0 Å². The molecule has 0 bridgehead atoms. The summed E-state index contributed by atoms with van der Waals surface area (Å²) in [6.07, 6.45) is 5.90. The number of allylic oxidation sites excluding steroid dienone is 2. The zero-order valence-electron chi connectivity index (χ0n) is 16.1. The van der Waals surface area contributed by atoms with Gasteiger partial charge >= 0.3 is 0 Å². The molecule has 0 atom stereocenters. The van der Waals surface area contributed by atoms with E-state index < -0.39 is 0 Å². The van der Waals surface area contributed by atoms with Crippen LogP contribution in [0.5, 0.6) is 0 Å². The monoisotopic (exact) mass is 313 g/mol. The Morgan fingerprint density at radius 2 is 1.78 bits per heavy atom. The predicted molar refractivity (Wildman–Crippen MR) is 105 cm³/mol. The normalized spacial score (nSPS) is 12.3. The molecule has 1 aromatic rings. The Balaban J connectivity index is 2.56. The van der Waals surface area contributed by atoms with Gasteiger partial charge in [-0.1, -0.05) is 63.3 Å². The molecule has 0 spiro atoms. The van der Waals surface area contributed by atoms with Gasteiger partial charge in [-0.15, -0.1) is 0 Å². The molecule has 0 aliphatic rings. The molecule has 0 unspecified atom stereocenters. The maximum absolute atomic E-state index is 4.30. The summed E-state index contributed by atoms with van der Waals surface area (Å²) in [5.74, 6) is 0. The molecular formula is C22H35N. The van der Waals surface area contributed by atoms with Crippen molar-refractivity contribution in [1.29, 1.82) is 0 Å². The molecule has 0 fully saturated rings. The van der Waals surface area contributed by atoms with E-state index >= 15 is 0 Å². The highest BCUT2D eigenvalue weighted by atomic mass is 15.1. The molecule has 128 valence electrons. The van der Waals surface area contributed by atoms with Gasteiger partial charge in [-0.3, -0.25) is 0 Å². The summed E-state index contributed by atoms with van der Waals surface area (Å²) in [5.41, 5.74) is 5.64. The van der Waals surface area contributed by atoms with Crippen molar-refractivity contribution < 1.29 is 0 Å². The molecule has 0 aliphatic carbocycles. The van der Waals surface area contributed by atoms with Crippen molar-refractivity contribution in [2.75, 3.05) is 13.1 Å². The van der Waals surface area contributed by atoms with Crippen LogP contribution in [-0.4, -0.2) is 18.0 Å². The molecule has 0 saturated carbocycles. The first-order valence-corrected chi connectivity index (χ1v) is 8.89. The molecule has 23 heavy (non-hydrogen) atoms. The van der Waals surface area contributed by atoms with E-state index in [2.05, 4.69) is 83.4 Å². The lowest BCUT2D eigenvalue weighted by Crippen LogP contribution is -2.22. The summed E-state index contributed by atoms with van der Waals surface area (Å²) in [6.45, 7) is 19.7. The summed E-state index contributed by atoms with van der Waals surface area (Å²) in [5, 5.41) is 0. The third-order valence-electron chi connectivity index (χ3n) is 4.35. The second-order valence-corrected chi connectivity index (χ2v) is 7.77. The maximum atomic E-state index is 4.30. The Hall–Kier alpha value is -1.50. The zero-order valence-corrected chi connectivity index (χ0v) is 16.1. The first-order valence-electron chi connectivity index (χ1n) is 8.89. The SMILES string of the molecule is C=C(CCCC(C)(C)C)N(CC)C/C=C(\C)c1ccc(C)cc1. The van der Waals surface area contributed by atoms with E-state index in [1.807, 2.05) is 0 Å². The Bertz CT molecular complexity index is 514. The van der Waals surface area contributed by atoms with Gasteiger partial charge in [0.05, 0.1) is 0 Å². The van der Waals surface area contributed by atoms with Gasteiger partial charge in [0.1, 0.15) is 0 Å². The zero-order chi connectivity index (χ0) is 17.5. The molecule has 0 aromatic heterocycles. The Labute approximate surface area is 144 Å². The highest BCUT2D eigenvalue weighted by Gasteiger charge is 2.11. The first-order chi connectivity index (χ1) is 10.7. The van der Waals surface area contributed by atoms with Crippen LogP contribution >= 0.6 is 0 Å². The van der Waals surface area contributed by atoms with E-state index in [-0.39, 0.29) is 0 Å². The first kappa shape index (κ1) is 19.5. The molecule has 0 N–H and O–H groups in total. The average molecular weight is 314 g/mol. The van der Waals surface area contributed by atoms with Crippen LogP contribution in [0.15, 0.2) is 42.6 Å². The van der Waals surface area contributed by atoms with Crippen LogP contribution in [0, 0.1) is 12.3 Å². The van der Waals surface area contributed by atoms with E-state index in [1.54, 1.807) is 0 Å². The number of nitrogens with zero attached hydrogens (tertiary/aromatic N) is 1. The third-order valence-corrected chi connectivity index (χ3v) is 4.35. The van der Waals surface area contributed by atoms with Crippen molar-refractivity contribution in [2.24, 2.45) is 5.41 Å². The number of aryl methyl sites for hydroxylation is 1. The Morgan fingerprint density at radius 3 is 2.30 bits per heavy atom. The van der Waals surface area contributed by atoms with Crippen LogP contribution < -0.4 is 0 Å². The molecule has 1 nitrogen and oxygen atoms in total. The van der Waals surface area contributed by atoms with Gasteiger partial charge in [0.25, 0.3) is 0 Å². The van der Waals surface area contributed by atoms with E-state index in [0.717, 1.165) is 19.5 Å². The van der Waals surface area contributed by atoms with E-state index in [4.69, 9.17) is 0 Å². The second-order valence-electron chi connectivity index (χ2n) is 7.77. The summed E-state index contributed by atoms with van der Waals surface area (Å²) < 4.78 is 0. The standard InChI is InChI=1S/C22H35N/c1-8-23(20(4)10-9-16-22(5,6)7)17-15-19(3)21-13-11-18(2)12-14-21/h11-15H,4,8-10,16-17H2,1-3,5-7H3/b19-15+. The van der Waals surface area contributed by atoms with Crippen molar-refractivity contribution >= 4 is 5.57 Å². The van der Waals surface area contributed by atoms with Crippen molar-refractivity contribution in [3.05, 3.63) is 53.7 Å². The maximum Gasteiger partial charge on any atom is 0.0362 e. The van der Waals surface area contributed by atoms with Crippen molar-refractivity contribution in [3.8, 4) is 0 Å². The van der Waals surface area contributed by atoms with Crippen molar-refractivity contribution in [1.82, 2.24) is 4.90 Å². The van der Waals surface area contributed by atoms with Gasteiger partial charge in [0.15, 0.2) is 0 Å².